The van der Waals surface area contributed by atoms with Gasteiger partial charge in [0.15, 0.2) is 0 Å². The lowest BCUT2D eigenvalue weighted by atomic mass is 9.84. The summed E-state index contributed by atoms with van der Waals surface area (Å²) >= 11 is 0. The van der Waals surface area contributed by atoms with Crippen molar-refractivity contribution in [3.05, 3.63) is 46.8 Å². The zero-order chi connectivity index (χ0) is 25.3. The van der Waals surface area contributed by atoms with Crippen molar-refractivity contribution < 1.29 is 22.7 Å². The molecular weight excluding hydrogens is 456 g/mol. The number of anilines is 2. The first-order chi connectivity index (χ1) is 15.8. The number of sulfonamides is 1. The van der Waals surface area contributed by atoms with E-state index in [0.29, 0.717) is 33.9 Å². The molecule has 2 aromatic rings. The monoisotopic (exact) mass is 484 g/mol. The van der Waals surface area contributed by atoms with E-state index in [1.807, 2.05) is 26.8 Å². The number of amides is 3. The highest BCUT2D eigenvalue weighted by molar-refractivity contribution is 7.92. The summed E-state index contributed by atoms with van der Waals surface area (Å²) in [6.07, 6.45) is 2.68. The van der Waals surface area contributed by atoms with Gasteiger partial charge >= 0.3 is 6.03 Å². The van der Waals surface area contributed by atoms with E-state index in [4.69, 9.17) is 4.74 Å². The van der Waals surface area contributed by atoms with Gasteiger partial charge in [-0.2, -0.15) is 0 Å². The molecule has 1 aromatic heterocycles. The molecule has 1 fully saturated rings. The third kappa shape index (κ3) is 5.85. The first kappa shape index (κ1) is 25.1. The van der Waals surface area contributed by atoms with Crippen LogP contribution in [0.3, 0.4) is 0 Å². The van der Waals surface area contributed by atoms with Crippen LogP contribution < -0.4 is 19.7 Å². The van der Waals surface area contributed by atoms with Crippen molar-refractivity contribution in [3.8, 4) is 17.6 Å². The Morgan fingerprint density at radius 3 is 2.44 bits per heavy atom. The minimum absolute atomic E-state index is 0.209. The molecule has 9 nitrogen and oxygen atoms in total. The minimum atomic E-state index is -3.41. The van der Waals surface area contributed by atoms with Gasteiger partial charge in [-0.1, -0.05) is 26.7 Å². The highest BCUT2D eigenvalue weighted by Gasteiger charge is 2.28. The second-order valence-corrected chi connectivity index (χ2v) is 10.8. The Morgan fingerprint density at radius 2 is 1.88 bits per heavy atom. The lowest BCUT2D eigenvalue weighted by Crippen LogP contribution is -2.49. The number of benzene rings is 1. The molecule has 1 aliphatic heterocycles. The molecule has 3 rings (SSSR count). The molecule has 0 atom stereocenters. The average molecular weight is 485 g/mol. The molecule has 180 valence electrons. The molecule has 34 heavy (non-hydrogen) atoms. The summed E-state index contributed by atoms with van der Waals surface area (Å²) in [5.74, 6) is 6.42. The van der Waals surface area contributed by atoms with Crippen molar-refractivity contribution in [1.29, 1.82) is 0 Å². The second kappa shape index (κ2) is 9.35. The van der Waals surface area contributed by atoms with Crippen LogP contribution in [0.2, 0.25) is 0 Å². The summed E-state index contributed by atoms with van der Waals surface area (Å²) in [6.45, 7) is 8.15. The summed E-state index contributed by atoms with van der Waals surface area (Å²) in [4.78, 5) is 29.8. The molecule has 1 aliphatic rings. The van der Waals surface area contributed by atoms with Crippen LogP contribution in [0.4, 0.5) is 16.2 Å². The molecule has 2 heterocycles. The van der Waals surface area contributed by atoms with Crippen LogP contribution in [-0.2, 0) is 20.2 Å². The summed E-state index contributed by atoms with van der Waals surface area (Å²) in [5.41, 5.74) is 3.25. The number of aromatic nitrogens is 1. The summed E-state index contributed by atoms with van der Waals surface area (Å²) in [7, 11) is -1.85. The predicted molar refractivity (Wildman–Crippen MR) is 131 cm³/mol. The van der Waals surface area contributed by atoms with E-state index in [-0.39, 0.29) is 24.3 Å². The summed E-state index contributed by atoms with van der Waals surface area (Å²) < 4.78 is 31.0. The van der Waals surface area contributed by atoms with E-state index in [1.54, 1.807) is 26.2 Å². The smallest absolute Gasteiger partial charge is 0.328 e. The number of carbonyl (C=O) groups is 2. The second-order valence-electron chi connectivity index (χ2n) is 9.09. The predicted octanol–water partition coefficient (Wildman–Crippen LogP) is 2.91. The molecule has 1 saturated heterocycles. The van der Waals surface area contributed by atoms with Gasteiger partial charge in [0, 0.05) is 24.2 Å². The highest BCUT2D eigenvalue weighted by Crippen LogP contribution is 2.38. The Labute approximate surface area is 200 Å². The Bertz CT molecular complexity index is 1320. The third-order valence-electron chi connectivity index (χ3n) is 5.15. The number of rotatable bonds is 4. The lowest BCUT2D eigenvalue weighted by molar-refractivity contribution is -0.120. The molecule has 2 N–H and O–H groups in total. The van der Waals surface area contributed by atoms with Crippen molar-refractivity contribution in [1.82, 2.24) is 10.3 Å². The Kier molecular flexibility index (Phi) is 6.89. The molecule has 1 aromatic carbocycles. The van der Waals surface area contributed by atoms with Crippen molar-refractivity contribution in [2.45, 2.75) is 39.5 Å². The molecule has 3 amide bonds. The van der Waals surface area contributed by atoms with Crippen LogP contribution in [0, 0.1) is 18.8 Å². The molecule has 0 unspecified atom stereocenters. The maximum atomic E-state index is 12.5. The number of aryl methyl sites for hydroxylation is 1. The first-order valence-electron chi connectivity index (χ1n) is 10.6. The molecule has 0 spiro atoms. The quantitative estimate of drug-likeness (QED) is 0.645. The molecule has 10 heteroatoms. The van der Waals surface area contributed by atoms with Crippen molar-refractivity contribution in [2.24, 2.45) is 0 Å². The highest BCUT2D eigenvalue weighted by atomic mass is 32.2. The molecule has 0 saturated carbocycles. The van der Waals surface area contributed by atoms with Crippen LogP contribution in [0.5, 0.6) is 5.75 Å². The first-order valence-corrected chi connectivity index (χ1v) is 12.5. The minimum Gasteiger partial charge on any atom is -0.495 e. The molecule has 0 bridgehead atoms. The van der Waals surface area contributed by atoms with Gasteiger partial charge in [-0.25, -0.2) is 18.2 Å². The van der Waals surface area contributed by atoms with Gasteiger partial charge in [0.2, 0.25) is 15.9 Å². The number of ether oxygens (including phenoxy) is 1. The SMILES string of the molecule is COc1c(C#Cc2ncc(NS(C)(=O)=O)cc2C)cc(N2CCC(=O)NC2=O)cc1C(C)(C)C. The van der Waals surface area contributed by atoms with Gasteiger partial charge in [0.25, 0.3) is 0 Å². The van der Waals surface area contributed by atoms with E-state index in [9.17, 15) is 18.0 Å². The Balaban J connectivity index is 2.09. The van der Waals surface area contributed by atoms with Crippen molar-refractivity contribution >= 4 is 33.3 Å². The van der Waals surface area contributed by atoms with Crippen LogP contribution in [0.1, 0.15) is 49.6 Å². The normalized spacial score (nSPS) is 14.2. The van der Waals surface area contributed by atoms with Gasteiger partial charge in [-0.3, -0.25) is 19.7 Å². The Hall–Kier alpha value is -3.58. The number of urea groups is 1. The average Bonchev–Trinajstić information content (AvgIpc) is 2.70. The van der Waals surface area contributed by atoms with Gasteiger partial charge in [0.05, 0.1) is 30.8 Å². The number of imide groups is 1. The largest absolute Gasteiger partial charge is 0.495 e. The van der Waals surface area contributed by atoms with Gasteiger partial charge < -0.3 is 4.74 Å². The topological polar surface area (TPSA) is 118 Å². The number of hydrogen-bond acceptors (Lipinski definition) is 6. The molecular formula is C24H28N4O5S. The Morgan fingerprint density at radius 1 is 1.18 bits per heavy atom. The summed E-state index contributed by atoms with van der Waals surface area (Å²) in [6, 6.07) is 4.81. The van der Waals surface area contributed by atoms with E-state index in [0.717, 1.165) is 11.8 Å². The van der Waals surface area contributed by atoms with E-state index in [2.05, 4.69) is 26.9 Å². The zero-order valence-electron chi connectivity index (χ0n) is 20.1. The number of nitrogens with one attached hydrogen (secondary N) is 2. The van der Waals surface area contributed by atoms with E-state index in [1.165, 1.54) is 11.1 Å². The number of hydrogen-bond donors (Lipinski definition) is 2. The van der Waals surface area contributed by atoms with Gasteiger partial charge in [-0.05, 0) is 42.0 Å². The maximum absolute atomic E-state index is 12.5. The molecule has 0 radical (unpaired) electrons. The lowest BCUT2D eigenvalue weighted by Gasteiger charge is -2.30. The van der Waals surface area contributed by atoms with Crippen molar-refractivity contribution in [2.75, 3.05) is 29.5 Å². The zero-order valence-corrected chi connectivity index (χ0v) is 20.9. The number of nitrogens with zero attached hydrogens (tertiary/aromatic N) is 2. The number of pyridine rings is 1. The molecule has 0 aliphatic carbocycles. The van der Waals surface area contributed by atoms with E-state index < -0.39 is 16.1 Å². The fourth-order valence-electron chi connectivity index (χ4n) is 3.55. The number of methoxy groups -OCH3 is 1. The standard InChI is InChI=1S/C24H28N4O5S/c1-15-11-17(27-34(6,31)32)14-25-20(15)8-7-16-12-18(28-10-9-21(29)26-23(28)30)13-19(22(16)33-5)24(2,3)4/h11-14,27H,9-10H2,1-6H3,(H,26,29,30). The van der Waals surface area contributed by atoms with Crippen LogP contribution in [0.25, 0.3) is 0 Å². The summed E-state index contributed by atoms with van der Waals surface area (Å²) in [5, 5.41) is 2.34. The van der Waals surface area contributed by atoms with Gasteiger partial charge in [0.1, 0.15) is 11.4 Å². The van der Waals surface area contributed by atoms with Crippen LogP contribution in [0.15, 0.2) is 24.4 Å². The van der Waals surface area contributed by atoms with Crippen LogP contribution in [-0.4, -0.2) is 45.3 Å². The number of carbonyl (C=O) groups excluding carboxylic acids is 2. The van der Waals surface area contributed by atoms with Crippen molar-refractivity contribution in [3.63, 3.8) is 0 Å². The maximum Gasteiger partial charge on any atom is 0.328 e. The fourth-order valence-corrected chi connectivity index (χ4v) is 4.09. The van der Waals surface area contributed by atoms with E-state index >= 15 is 0 Å². The third-order valence-corrected chi connectivity index (χ3v) is 5.76. The fraction of sp³-hybridized carbons (Fsp3) is 0.375. The van der Waals surface area contributed by atoms with Gasteiger partial charge in [-0.15, -0.1) is 0 Å². The van der Waals surface area contributed by atoms with Crippen LogP contribution >= 0.6 is 0 Å².